The van der Waals surface area contributed by atoms with Gasteiger partial charge in [-0.3, -0.25) is 0 Å². The zero-order chi connectivity index (χ0) is 14.9. The molecule has 0 unspecified atom stereocenters. The molecule has 1 N–H and O–H groups in total. The number of nitrogens with zero attached hydrogens (tertiary/aromatic N) is 1. The van der Waals surface area contributed by atoms with E-state index >= 15 is 0 Å². The van der Waals surface area contributed by atoms with Gasteiger partial charge in [0.25, 0.3) is 0 Å². The van der Waals surface area contributed by atoms with Crippen molar-refractivity contribution < 1.29 is 17.9 Å². The zero-order valence-corrected chi connectivity index (χ0v) is 11.3. The van der Waals surface area contributed by atoms with Gasteiger partial charge in [-0.05, 0) is 24.3 Å². The second kappa shape index (κ2) is 5.25. The average Bonchev–Trinajstić information content (AvgIpc) is 2.81. The topological polar surface area (TPSA) is 34.1 Å². The normalized spacial score (nSPS) is 11.6. The van der Waals surface area contributed by atoms with E-state index in [0.29, 0.717) is 5.13 Å². The third kappa shape index (κ3) is 3.25. The first kappa shape index (κ1) is 13.7. The summed E-state index contributed by atoms with van der Waals surface area (Å²) in [6, 6.07) is 13.3. The Labute approximate surface area is 122 Å². The number of para-hydroxylation sites is 3. The summed E-state index contributed by atoms with van der Waals surface area (Å²) in [6.45, 7) is 0. The van der Waals surface area contributed by atoms with Crippen LogP contribution in [0.3, 0.4) is 0 Å². The Balaban J connectivity index is 1.90. The highest BCUT2D eigenvalue weighted by Gasteiger charge is 2.32. The van der Waals surface area contributed by atoms with Crippen LogP contribution in [0.25, 0.3) is 10.2 Å². The first-order chi connectivity index (χ1) is 10.0. The van der Waals surface area contributed by atoms with Gasteiger partial charge in [0.15, 0.2) is 10.9 Å². The number of anilines is 2. The molecule has 108 valence electrons. The van der Waals surface area contributed by atoms with Crippen LogP contribution in [0.5, 0.6) is 5.75 Å². The number of hydrogen-bond acceptors (Lipinski definition) is 4. The van der Waals surface area contributed by atoms with E-state index in [1.807, 2.05) is 24.3 Å². The van der Waals surface area contributed by atoms with E-state index in [9.17, 15) is 13.2 Å². The second-order valence-electron chi connectivity index (χ2n) is 4.16. The lowest BCUT2D eigenvalue weighted by atomic mass is 10.3. The summed E-state index contributed by atoms with van der Waals surface area (Å²) in [6.07, 6.45) is -4.73. The minimum absolute atomic E-state index is 0.217. The van der Waals surface area contributed by atoms with Crippen LogP contribution in [-0.4, -0.2) is 11.3 Å². The molecule has 0 spiro atoms. The third-order valence-corrected chi connectivity index (χ3v) is 3.60. The number of alkyl halides is 3. The van der Waals surface area contributed by atoms with Gasteiger partial charge in [-0.1, -0.05) is 35.6 Å². The number of benzene rings is 2. The summed E-state index contributed by atoms with van der Waals surface area (Å²) >= 11 is 1.36. The molecule has 1 heterocycles. The molecule has 0 amide bonds. The fourth-order valence-electron chi connectivity index (χ4n) is 1.82. The van der Waals surface area contributed by atoms with E-state index in [2.05, 4.69) is 15.0 Å². The van der Waals surface area contributed by atoms with Crippen LogP contribution in [0.4, 0.5) is 24.0 Å². The van der Waals surface area contributed by atoms with Crippen molar-refractivity contribution in [1.29, 1.82) is 0 Å². The second-order valence-corrected chi connectivity index (χ2v) is 5.19. The quantitative estimate of drug-likeness (QED) is 0.744. The van der Waals surface area contributed by atoms with E-state index in [0.717, 1.165) is 10.2 Å². The lowest BCUT2D eigenvalue weighted by Crippen LogP contribution is -2.17. The molecule has 2 aromatic carbocycles. The molecule has 21 heavy (non-hydrogen) atoms. The zero-order valence-electron chi connectivity index (χ0n) is 10.5. The number of aromatic nitrogens is 1. The smallest absolute Gasteiger partial charge is 0.404 e. The molecule has 3 rings (SSSR count). The summed E-state index contributed by atoms with van der Waals surface area (Å²) in [5, 5.41) is 3.38. The number of thiazole rings is 1. The first-order valence-electron chi connectivity index (χ1n) is 5.99. The van der Waals surface area contributed by atoms with Crippen molar-refractivity contribution in [3.8, 4) is 5.75 Å². The van der Waals surface area contributed by atoms with Gasteiger partial charge >= 0.3 is 6.36 Å². The van der Waals surface area contributed by atoms with Gasteiger partial charge in [0, 0.05) is 0 Å². The van der Waals surface area contributed by atoms with Gasteiger partial charge in [-0.15, -0.1) is 13.2 Å². The molecule has 3 aromatic rings. The minimum Gasteiger partial charge on any atom is -0.404 e. The molecular weight excluding hydrogens is 301 g/mol. The molecule has 0 saturated carbocycles. The maximum Gasteiger partial charge on any atom is 0.573 e. The SMILES string of the molecule is FC(F)(F)Oc1ccccc1Nc1nc2ccccc2s1. The first-order valence-corrected chi connectivity index (χ1v) is 6.80. The van der Waals surface area contributed by atoms with Crippen molar-refractivity contribution in [2.45, 2.75) is 6.36 Å². The Morgan fingerprint density at radius 1 is 1.00 bits per heavy atom. The molecule has 0 saturated heterocycles. The van der Waals surface area contributed by atoms with E-state index < -0.39 is 6.36 Å². The van der Waals surface area contributed by atoms with E-state index in [1.165, 1.54) is 29.5 Å². The molecule has 0 aliphatic carbocycles. The number of fused-ring (bicyclic) bond motifs is 1. The summed E-state index contributed by atoms with van der Waals surface area (Å²) < 4.78 is 42.0. The summed E-state index contributed by atoms with van der Waals surface area (Å²) in [7, 11) is 0. The van der Waals surface area contributed by atoms with Gasteiger partial charge in [0.2, 0.25) is 0 Å². The lowest BCUT2D eigenvalue weighted by Gasteiger charge is -2.13. The van der Waals surface area contributed by atoms with E-state index in [1.54, 1.807) is 6.07 Å². The Morgan fingerprint density at radius 2 is 1.71 bits per heavy atom. The van der Waals surface area contributed by atoms with Crippen LogP contribution in [-0.2, 0) is 0 Å². The Kier molecular flexibility index (Phi) is 3.42. The highest BCUT2D eigenvalue weighted by atomic mass is 32.1. The van der Waals surface area contributed by atoms with Crippen molar-refractivity contribution in [2.24, 2.45) is 0 Å². The molecule has 3 nitrogen and oxygen atoms in total. The Hall–Kier alpha value is -2.28. The monoisotopic (exact) mass is 310 g/mol. The van der Waals surface area contributed by atoms with Crippen molar-refractivity contribution in [3.63, 3.8) is 0 Å². The van der Waals surface area contributed by atoms with Crippen LogP contribution < -0.4 is 10.1 Å². The standard InChI is InChI=1S/C14H9F3N2OS/c15-14(16,17)20-11-7-3-1-5-9(11)18-13-19-10-6-2-4-8-12(10)21-13/h1-8H,(H,18,19). The molecule has 7 heteroatoms. The van der Waals surface area contributed by atoms with Crippen molar-refractivity contribution in [2.75, 3.05) is 5.32 Å². The summed E-state index contributed by atoms with van der Waals surface area (Å²) in [5.41, 5.74) is 1.01. The molecule has 1 aromatic heterocycles. The molecule has 0 aliphatic heterocycles. The molecule has 0 bridgehead atoms. The fourth-order valence-corrected chi connectivity index (χ4v) is 2.70. The van der Waals surface area contributed by atoms with Crippen LogP contribution in [0.2, 0.25) is 0 Å². The van der Waals surface area contributed by atoms with Gasteiger partial charge in [-0.25, -0.2) is 4.98 Å². The van der Waals surface area contributed by atoms with Gasteiger partial charge in [-0.2, -0.15) is 0 Å². The Bertz CT molecular complexity index is 737. The van der Waals surface area contributed by atoms with Crippen molar-refractivity contribution >= 4 is 32.4 Å². The number of nitrogens with one attached hydrogen (secondary N) is 1. The average molecular weight is 310 g/mol. The van der Waals surface area contributed by atoms with Crippen molar-refractivity contribution in [3.05, 3.63) is 48.5 Å². The molecule has 0 atom stereocenters. The van der Waals surface area contributed by atoms with Gasteiger partial charge in [0.05, 0.1) is 15.9 Å². The molecule has 0 aliphatic rings. The predicted octanol–water partition coefficient (Wildman–Crippen LogP) is 4.94. The van der Waals surface area contributed by atoms with Crippen LogP contribution in [0.1, 0.15) is 0 Å². The number of ether oxygens (including phenoxy) is 1. The van der Waals surface area contributed by atoms with Crippen LogP contribution in [0.15, 0.2) is 48.5 Å². The highest BCUT2D eigenvalue weighted by molar-refractivity contribution is 7.22. The van der Waals surface area contributed by atoms with Crippen LogP contribution >= 0.6 is 11.3 Å². The Morgan fingerprint density at radius 3 is 2.48 bits per heavy atom. The maximum atomic E-state index is 12.4. The third-order valence-electron chi connectivity index (χ3n) is 2.65. The van der Waals surface area contributed by atoms with Gasteiger partial charge < -0.3 is 10.1 Å². The number of halogens is 3. The summed E-state index contributed by atoms with van der Waals surface area (Å²) in [5.74, 6) is -0.288. The van der Waals surface area contributed by atoms with Crippen molar-refractivity contribution in [1.82, 2.24) is 4.98 Å². The predicted molar refractivity (Wildman–Crippen MR) is 76.0 cm³/mol. The van der Waals surface area contributed by atoms with E-state index in [-0.39, 0.29) is 11.4 Å². The molecule has 0 fully saturated rings. The fraction of sp³-hybridized carbons (Fsp3) is 0.0714. The lowest BCUT2D eigenvalue weighted by molar-refractivity contribution is -0.274. The summed E-state index contributed by atoms with van der Waals surface area (Å²) in [4.78, 5) is 4.32. The van der Waals surface area contributed by atoms with Crippen LogP contribution in [0, 0.1) is 0 Å². The number of rotatable bonds is 3. The minimum atomic E-state index is -4.73. The largest absolute Gasteiger partial charge is 0.573 e. The van der Waals surface area contributed by atoms with E-state index in [4.69, 9.17) is 0 Å². The molecular formula is C14H9F3N2OS. The highest BCUT2D eigenvalue weighted by Crippen LogP contribution is 2.34. The maximum absolute atomic E-state index is 12.4. The molecule has 0 radical (unpaired) electrons. The van der Waals surface area contributed by atoms with Gasteiger partial charge in [0.1, 0.15) is 0 Å². The number of hydrogen-bond donors (Lipinski definition) is 1.